The highest BCUT2D eigenvalue weighted by Crippen LogP contribution is 2.42. The Kier molecular flexibility index (Phi) is 6.30. The molecule has 7 nitrogen and oxygen atoms in total. The number of halogens is 4. The van der Waals surface area contributed by atoms with Gasteiger partial charge in [-0.15, -0.1) is 0 Å². The maximum atomic E-state index is 14.9. The molecule has 4 aromatic rings. The second-order valence-corrected chi connectivity index (χ2v) is 8.97. The Morgan fingerprint density at radius 3 is 2.41 bits per heavy atom. The summed E-state index contributed by atoms with van der Waals surface area (Å²) >= 11 is 0. The van der Waals surface area contributed by atoms with Crippen LogP contribution in [0.1, 0.15) is 54.3 Å². The van der Waals surface area contributed by atoms with Crippen molar-refractivity contribution in [3.63, 3.8) is 0 Å². The molecule has 37 heavy (non-hydrogen) atoms. The number of para-hydroxylation sites is 1. The molecule has 0 bridgehead atoms. The lowest BCUT2D eigenvalue weighted by Crippen LogP contribution is -2.47. The van der Waals surface area contributed by atoms with Crippen LogP contribution in [-0.2, 0) is 13.5 Å². The summed E-state index contributed by atoms with van der Waals surface area (Å²) in [6.07, 6.45) is 3.99. The summed E-state index contributed by atoms with van der Waals surface area (Å²) in [6, 6.07) is 5.38. The zero-order chi connectivity index (χ0) is 26.4. The van der Waals surface area contributed by atoms with Crippen molar-refractivity contribution in [2.45, 2.75) is 45.2 Å². The molecule has 5 rings (SSSR count). The lowest BCUT2D eigenvalue weighted by Gasteiger charge is -2.41. The second kappa shape index (κ2) is 9.45. The quantitative estimate of drug-likeness (QED) is 0.274. The van der Waals surface area contributed by atoms with E-state index < -0.39 is 29.3 Å². The minimum atomic E-state index is -1.53. The van der Waals surface area contributed by atoms with Crippen LogP contribution in [0, 0.1) is 23.3 Å². The van der Waals surface area contributed by atoms with E-state index in [1.807, 2.05) is 13.8 Å². The van der Waals surface area contributed by atoms with Crippen LogP contribution in [0.4, 0.5) is 17.6 Å². The summed E-state index contributed by atoms with van der Waals surface area (Å²) in [6.45, 7) is 3.84. The molecule has 2 aromatic heterocycles. The van der Waals surface area contributed by atoms with Gasteiger partial charge in [-0.25, -0.2) is 27.2 Å². The number of hydrogen-bond donors (Lipinski definition) is 0. The predicted molar refractivity (Wildman–Crippen MR) is 127 cm³/mol. The van der Waals surface area contributed by atoms with Crippen LogP contribution >= 0.6 is 0 Å². The molecule has 2 aromatic carbocycles. The Bertz CT molecular complexity index is 1460. The topological polar surface area (TPSA) is 68.8 Å². The molecule has 3 heterocycles. The van der Waals surface area contributed by atoms with Gasteiger partial charge in [0.2, 0.25) is 0 Å². The normalized spacial score (nSPS) is 17.2. The highest BCUT2D eigenvalue weighted by Gasteiger charge is 2.41. The molecule has 11 heteroatoms. The van der Waals surface area contributed by atoms with Crippen LogP contribution in [0.25, 0.3) is 16.9 Å². The van der Waals surface area contributed by atoms with Gasteiger partial charge in [-0.1, -0.05) is 19.9 Å². The van der Waals surface area contributed by atoms with E-state index in [0.717, 1.165) is 17.7 Å². The van der Waals surface area contributed by atoms with Crippen molar-refractivity contribution in [1.82, 2.24) is 29.4 Å². The number of rotatable bonds is 5. The van der Waals surface area contributed by atoms with Crippen LogP contribution in [-0.4, -0.2) is 41.4 Å². The Hall–Kier alpha value is -4.02. The number of hydrogen-bond acceptors (Lipinski definition) is 4. The molecule has 0 spiro atoms. The van der Waals surface area contributed by atoms with Gasteiger partial charge in [-0.05, 0) is 43.5 Å². The molecule has 1 amide bonds. The van der Waals surface area contributed by atoms with Crippen molar-refractivity contribution >= 4 is 5.91 Å². The van der Waals surface area contributed by atoms with Gasteiger partial charge >= 0.3 is 0 Å². The third-order valence-electron chi connectivity index (χ3n) is 6.88. The highest BCUT2D eigenvalue weighted by molar-refractivity contribution is 5.98. The maximum Gasteiger partial charge on any atom is 0.256 e. The van der Waals surface area contributed by atoms with E-state index in [9.17, 15) is 22.4 Å². The lowest BCUT2D eigenvalue weighted by molar-refractivity contribution is 0.0512. The van der Waals surface area contributed by atoms with E-state index in [1.165, 1.54) is 34.2 Å². The van der Waals surface area contributed by atoms with E-state index in [1.54, 1.807) is 18.0 Å². The summed E-state index contributed by atoms with van der Waals surface area (Å²) in [5.41, 5.74) is 2.08. The van der Waals surface area contributed by atoms with E-state index in [-0.39, 0.29) is 28.8 Å². The van der Waals surface area contributed by atoms with Crippen molar-refractivity contribution in [2.24, 2.45) is 7.05 Å². The molecule has 0 N–H and O–H groups in total. The van der Waals surface area contributed by atoms with Crippen molar-refractivity contribution in [2.75, 3.05) is 0 Å². The Balaban J connectivity index is 1.63. The molecule has 1 aliphatic rings. The number of aryl methyl sites for hydroxylation is 1. The average molecular weight is 513 g/mol. The highest BCUT2D eigenvalue weighted by atomic mass is 19.2. The van der Waals surface area contributed by atoms with Gasteiger partial charge in [0.15, 0.2) is 17.5 Å². The van der Waals surface area contributed by atoms with Crippen LogP contribution in [0.15, 0.2) is 43.0 Å². The average Bonchev–Trinajstić information content (AvgIpc) is 3.52. The van der Waals surface area contributed by atoms with Crippen molar-refractivity contribution in [3.05, 3.63) is 83.1 Å². The standard InChI is InChI=1S/C26H24F4N6O/c1-4-15-11-17-23(33-34(3)24(17)14-9-19(28)22(30)20(29)10-14)21(5-2)36(15)26(37)16-7-6-8-18(27)25(16)35-13-31-12-32-35/h6-10,12-13,15,21H,4-5,11H2,1-3H3. The van der Waals surface area contributed by atoms with Crippen molar-refractivity contribution in [3.8, 4) is 16.9 Å². The van der Waals surface area contributed by atoms with Crippen LogP contribution in [0.3, 0.4) is 0 Å². The van der Waals surface area contributed by atoms with Crippen molar-refractivity contribution in [1.29, 1.82) is 0 Å². The fourth-order valence-corrected chi connectivity index (χ4v) is 5.25. The summed E-state index contributed by atoms with van der Waals surface area (Å²) in [7, 11) is 1.64. The minimum absolute atomic E-state index is 0.000486. The number of carbonyl (C=O) groups excluding carboxylic acids is 1. The molecular formula is C26H24F4N6O. The summed E-state index contributed by atoms with van der Waals surface area (Å²) in [5, 5.41) is 8.64. The number of fused-ring (bicyclic) bond motifs is 1. The number of amides is 1. The molecule has 0 fully saturated rings. The van der Waals surface area contributed by atoms with E-state index >= 15 is 0 Å². The summed E-state index contributed by atoms with van der Waals surface area (Å²) in [5.74, 6) is -5.12. The maximum absolute atomic E-state index is 14.9. The molecule has 0 saturated carbocycles. The fourth-order valence-electron chi connectivity index (χ4n) is 5.25. The number of aromatic nitrogens is 5. The third kappa shape index (κ3) is 3.98. The van der Waals surface area contributed by atoms with Gasteiger partial charge in [-0.2, -0.15) is 10.2 Å². The number of benzene rings is 2. The van der Waals surface area contributed by atoms with E-state index in [4.69, 9.17) is 0 Å². The zero-order valence-electron chi connectivity index (χ0n) is 20.4. The van der Waals surface area contributed by atoms with Crippen LogP contribution in [0.2, 0.25) is 0 Å². The van der Waals surface area contributed by atoms with Crippen LogP contribution < -0.4 is 0 Å². The smallest absolute Gasteiger partial charge is 0.256 e. The molecule has 192 valence electrons. The van der Waals surface area contributed by atoms with Gasteiger partial charge in [0, 0.05) is 24.2 Å². The van der Waals surface area contributed by atoms with Gasteiger partial charge < -0.3 is 4.90 Å². The second-order valence-electron chi connectivity index (χ2n) is 8.97. The van der Waals surface area contributed by atoms with Gasteiger partial charge in [0.25, 0.3) is 5.91 Å². The molecule has 0 aliphatic carbocycles. The molecule has 0 saturated heterocycles. The molecule has 2 unspecified atom stereocenters. The van der Waals surface area contributed by atoms with Crippen molar-refractivity contribution < 1.29 is 22.4 Å². The molecular weight excluding hydrogens is 488 g/mol. The van der Waals surface area contributed by atoms with E-state index in [0.29, 0.717) is 30.7 Å². The molecule has 2 atom stereocenters. The van der Waals surface area contributed by atoms with E-state index in [2.05, 4.69) is 15.2 Å². The molecule has 1 aliphatic heterocycles. The first-order valence-corrected chi connectivity index (χ1v) is 11.9. The first kappa shape index (κ1) is 24.7. The van der Waals surface area contributed by atoms with Gasteiger partial charge in [-0.3, -0.25) is 9.48 Å². The van der Waals surface area contributed by atoms with Gasteiger partial charge in [0.1, 0.15) is 24.2 Å². The monoisotopic (exact) mass is 512 g/mol. The predicted octanol–water partition coefficient (Wildman–Crippen LogP) is 5.15. The third-order valence-corrected chi connectivity index (χ3v) is 6.88. The summed E-state index contributed by atoms with van der Waals surface area (Å²) < 4.78 is 59.4. The fraction of sp³-hybridized carbons (Fsp3) is 0.308. The SMILES string of the molecule is CCC1Cc2c(nn(C)c2-c2cc(F)c(F)c(F)c2)C(CC)N1C(=O)c1cccc(F)c1-n1cncn1. The summed E-state index contributed by atoms with van der Waals surface area (Å²) in [4.78, 5) is 19.6. The number of carbonyl (C=O) groups is 1. The first-order valence-electron chi connectivity index (χ1n) is 11.9. The molecule has 0 radical (unpaired) electrons. The largest absolute Gasteiger partial charge is 0.327 e. The lowest BCUT2D eigenvalue weighted by atomic mass is 9.87. The van der Waals surface area contributed by atoms with Crippen LogP contribution in [0.5, 0.6) is 0 Å². The minimum Gasteiger partial charge on any atom is -0.327 e. The zero-order valence-corrected chi connectivity index (χ0v) is 20.4. The van der Waals surface area contributed by atoms with Gasteiger partial charge in [0.05, 0.1) is 23.0 Å². The Labute approximate surface area is 210 Å². The Morgan fingerprint density at radius 2 is 1.78 bits per heavy atom. The first-order chi connectivity index (χ1) is 17.8. The Morgan fingerprint density at radius 1 is 1.05 bits per heavy atom. The number of nitrogens with zero attached hydrogens (tertiary/aromatic N) is 6.